The highest BCUT2D eigenvalue weighted by Crippen LogP contribution is 2.66. The number of methoxy groups -OCH3 is 1. The van der Waals surface area contributed by atoms with Crippen LogP contribution in [0, 0.1) is 17.3 Å². The third-order valence-corrected chi connectivity index (χ3v) is 6.20. The second kappa shape index (κ2) is 7.26. The van der Waals surface area contributed by atoms with Crippen LogP contribution in [0.1, 0.15) is 48.7 Å². The smallest absolute Gasteiger partial charge is 0.337 e. The van der Waals surface area contributed by atoms with Gasteiger partial charge in [-0.25, -0.2) is 10.2 Å². The minimum absolute atomic E-state index is 0.0100. The van der Waals surface area contributed by atoms with Gasteiger partial charge in [0.25, 0.3) is 0 Å². The van der Waals surface area contributed by atoms with E-state index in [0.717, 1.165) is 18.4 Å². The van der Waals surface area contributed by atoms with E-state index >= 15 is 0 Å². The third-order valence-electron chi connectivity index (χ3n) is 6.20. The highest BCUT2D eigenvalue weighted by atomic mass is 16.5. The number of amides is 1. The van der Waals surface area contributed by atoms with Crippen molar-refractivity contribution in [3.8, 4) is 11.3 Å². The van der Waals surface area contributed by atoms with E-state index in [1.54, 1.807) is 30.3 Å². The molecular weight excluding hydrogens is 356 g/mol. The van der Waals surface area contributed by atoms with Crippen molar-refractivity contribution >= 4 is 18.1 Å². The van der Waals surface area contributed by atoms with Crippen LogP contribution in [-0.2, 0) is 9.53 Å². The Morgan fingerprint density at radius 3 is 2.68 bits per heavy atom. The van der Waals surface area contributed by atoms with Crippen LogP contribution in [0.5, 0.6) is 0 Å². The highest BCUT2D eigenvalue weighted by molar-refractivity contribution is 5.90. The molecule has 2 saturated carbocycles. The maximum Gasteiger partial charge on any atom is 0.337 e. The lowest BCUT2D eigenvalue weighted by atomic mass is 9.90. The average Bonchev–Trinajstić information content (AvgIpc) is 3.08. The van der Waals surface area contributed by atoms with E-state index in [0.29, 0.717) is 23.0 Å². The summed E-state index contributed by atoms with van der Waals surface area (Å²) in [4.78, 5) is 23.9. The molecule has 2 fully saturated rings. The van der Waals surface area contributed by atoms with E-state index < -0.39 is 0 Å². The largest absolute Gasteiger partial charge is 0.465 e. The van der Waals surface area contributed by atoms with Crippen molar-refractivity contribution in [2.24, 2.45) is 22.4 Å². The molecule has 6 nitrogen and oxygen atoms in total. The number of hydrogen-bond acceptors (Lipinski definition) is 5. The molecule has 1 aromatic carbocycles. The Hall–Kier alpha value is -2.89. The summed E-state index contributed by atoms with van der Waals surface area (Å²) in [6.07, 6.45) is 6.24. The summed E-state index contributed by atoms with van der Waals surface area (Å²) in [5, 5.41) is 4.07. The van der Waals surface area contributed by atoms with E-state index in [4.69, 9.17) is 9.15 Å². The van der Waals surface area contributed by atoms with Crippen molar-refractivity contribution < 1.29 is 18.7 Å². The van der Waals surface area contributed by atoms with E-state index in [2.05, 4.69) is 17.5 Å². The van der Waals surface area contributed by atoms with Gasteiger partial charge >= 0.3 is 5.97 Å². The second-order valence-corrected chi connectivity index (χ2v) is 7.84. The minimum atomic E-state index is -0.376. The van der Waals surface area contributed by atoms with Crippen molar-refractivity contribution in [1.82, 2.24) is 5.43 Å². The molecule has 0 saturated heterocycles. The Morgan fingerprint density at radius 2 is 2.00 bits per heavy atom. The molecule has 0 aliphatic heterocycles. The molecule has 0 unspecified atom stereocenters. The SMILES string of the molecule is COC(=O)c1ccc(-c2ccc(/C=N/NC(=O)[C@@H]3[C@H]4CCCC[C@]43C)o2)cc1. The first-order chi connectivity index (χ1) is 13.5. The maximum absolute atomic E-state index is 12.4. The summed E-state index contributed by atoms with van der Waals surface area (Å²) in [6, 6.07) is 10.6. The summed E-state index contributed by atoms with van der Waals surface area (Å²) in [5.74, 6) is 1.44. The zero-order valence-electron chi connectivity index (χ0n) is 16.1. The first kappa shape index (κ1) is 18.5. The fourth-order valence-corrected chi connectivity index (χ4v) is 4.55. The fraction of sp³-hybridized carbons (Fsp3) is 0.409. The Balaban J connectivity index is 1.36. The lowest BCUT2D eigenvalue weighted by Crippen LogP contribution is -2.22. The number of ether oxygens (including phenoxy) is 1. The van der Waals surface area contributed by atoms with Crippen molar-refractivity contribution in [3.63, 3.8) is 0 Å². The molecule has 1 heterocycles. The van der Waals surface area contributed by atoms with E-state index in [-0.39, 0.29) is 23.2 Å². The number of carbonyl (C=O) groups is 2. The molecule has 28 heavy (non-hydrogen) atoms. The molecule has 2 aliphatic rings. The summed E-state index contributed by atoms with van der Waals surface area (Å²) in [7, 11) is 1.35. The van der Waals surface area contributed by atoms with Crippen LogP contribution in [-0.4, -0.2) is 25.2 Å². The first-order valence-corrected chi connectivity index (χ1v) is 9.64. The molecule has 1 N–H and O–H groups in total. The molecule has 146 valence electrons. The number of fused-ring (bicyclic) bond motifs is 1. The van der Waals surface area contributed by atoms with E-state index in [9.17, 15) is 9.59 Å². The number of carbonyl (C=O) groups excluding carboxylic acids is 2. The monoisotopic (exact) mass is 380 g/mol. The van der Waals surface area contributed by atoms with Crippen LogP contribution >= 0.6 is 0 Å². The molecule has 1 aromatic heterocycles. The van der Waals surface area contributed by atoms with Crippen LogP contribution in [0.3, 0.4) is 0 Å². The quantitative estimate of drug-likeness (QED) is 0.483. The maximum atomic E-state index is 12.4. The van der Waals surface area contributed by atoms with Crippen molar-refractivity contribution in [3.05, 3.63) is 47.7 Å². The number of esters is 1. The predicted octanol–water partition coefficient (Wildman–Crippen LogP) is 4.01. The summed E-state index contributed by atoms with van der Waals surface area (Å²) in [6.45, 7) is 2.22. The Kier molecular flexibility index (Phi) is 4.79. The van der Waals surface area contributed by atoms with Gasteiger partial charge in [-0.15, -0.1) is 0 Å². The topological polar surface area (TPSA) is 80.9 Å². The summed E-state index contributed by atoms with van der Waals surface area (Å²) < 4.78 is 10.4. The highest BCUT2D eigenvalue weighted by Gasteiger charge is 2.64. The fourth-order valence-electron chi connectivity index (χ4n) is 4.55. The summed E-state index contributed by atoms with van der Waals surface area (Å²) >= 11 is 0. The Morgan fingerprint density at radius 1 is 1.21 bits per heavy atom. The van der Waals surface area contributed by atoms with E-state index in [1.165, 1.54) is 26.2 Å². The molecule has 4 rings (SSSR count). The Bertz CT molecular complexity index is 915. The zero-order valence-corrected chi connectivity index (χ0v) is 16.1. The van der Waals surface area contributed by atoms with Gasteiger partial charge in [0.05, 0.1) is 18.9 Å². The Labute approximate surface area is 164 Å². The van der Waals surface area contributed by atoms with Gasteiger partial charge in [-0.1, -0.05) is 31.9 Å². The van der Waals surface area contributed by atoms with Gasteiger partial charge in [-0.05, 0) is 48.4 Å². The molecule has 2 aromatic rings. The number of nitrogens with one attached hydrogen (secondary N) is 1. The normalized spacial score (nSPS) is 25.9. The third kappa shape index (κ3) is 3.35. The van der Waals surface area contributed by atoms with Gasteiger partial charge in [-0.2, -0.15) is 5.10 Å². The van der Waals surface area contributed by atoms with Crippen LogP contribution in [0.15, 0.2) is 45.9 Å². The molecular formula is C22H24N2O4. The van der Waals surface area contributed by atoms with Gasteiger partial charge in [0.15, 0.2) is 0 Å². The number of hydrogen-bond donors (Lipinski definition) is 1. The van der Waals surface area contributed by atoms with Crippen LogP contribution in [0.2, 0.25) is 0 Å². The van der Waals surface area contributed by atoms with Crippen LogP contribution in [0.25, 0.3) is 11.3 Å². The van der Waals surface area contributed by atoms with Crippen molar-refractivity contribution in [1.29, 1.82) is 0 Å². The average molecular weight is 380 g/mol. The molecule has 6 heteroatoms. The molecule has 1 amide bonds. The van der Waals surface area contributed by atoms with Crippen molar-refractivity contribution in [2.75, 3.05) is 7.11 Å². The minimum Gasteiger partial charge on any atom is -0.465 e. The molecule has 0 spiro atoms. The number of nitrogens with zero attached hydrogens (tertiary/aromatic N) is 1. The predicted molar refractivity (Wildman–Crippen MR) is 105 cm³/mol. The number of furan rings is 1. The van der Waals surface area contributed by atoms with Crippen LogP contribution in [0.4, 0.5) is 0 Å². The molecule has 2 aliphatic carbocycles. The van der Waals surface area contributed by atoms with E-state index in [1.807, 2.05) is 6.07 Å². The standard InChI is InChI=1S/C22H24N2O4/c1-22-12-4-3-5-17(22)19(22)20(25)24-23-13-16-10-11-18(28-16)14-6-8-15(9-7-14)21(26)27-2/h6-11,13,17,19H,3-5,12H2,1-2H3,(H,24,25)/b23-13+/t17-,19+,22-/m1/s1. The van der Waals surface area contributed by atoms with Crippen LogP contribution < -0.4 is 5.43 Å². The molecule has 3 atom stereocenters. The van der Waals surface area contributed by atoms with Gasteiger partial charge in [0.1, 0.15) is 11.5 Å². The van der Waals surface area contributed by atoms with Gasteiger partial charge < -0.3 is 9.15 Å². The number of benzene rings is 1. The lowest BCUT2D eigenvalue weighted by molar-refractivity contribution is -0.123. The summed E-state index contributed by atoms with van der Waals surface area (Å²) in [5.41, 5.74) is 4.16. The molecule has 0 bridgehead atoms. The number of rotatable bonds is 5. The van der Waals surface area contributed by atoms with Gasteiger partial charge in [-0.3, -0.25) is 4.79 Å². The number of hydrazone groups is 1. The van der Waals surface area contributed by atoms with Gasteiger partial charge in [0, 0.05) is 11.5 Å². The van der Waals surface area contributed by atoms with Gasteiger partial charge in [0.2, 0.25) is 5.91 Å². The first-order valence-electron chi connectivity index (χ1n) is 9.64. The van der Waals surface area contributed by atoms with Crippen molar-refractivity contribution in [2.45, 2.75) is 32.6 Å². The molecule has 0 radical (unpaired) electrons. The lowest BCUT2D eigenvalue weighted by Gasteiger charge is -2.15. The zero-order chi connectivity index (χ0) is 19.7. The second-order valence-electron chi connectivity index (χ2n) is 7.84.